The van der Waals surface area contributed by atoms with E-state index in [2.05, 4.69) is 22.0 Å². The number of anilines is 1. The van der Waals surface area contributed by atoms with E-state index < -0.39 is 0 Å². The molecule has 5 nitrogen and oxygen atoms in total. The Morgan fingerprint density at radius 2 is 2.33 bits per heavy atom. The summed E-state index contributed by atoms with van der Waals surface area (Å²) in [4.78, 5) is 6.68. The second-order valence-corrected chi connectivity index (χ2v) is 4.75. The average molecular weight is 248 g/mol. The summed E-state index contributed by atoms with van der Waals surface area (Å²) in [6, 6.07) is 4.08. The van der Waals surface area contributed by atoms with Crippen molar-refractivity contribution >= 4 is 11.7 Å². The lowest BCUT2D eigenvalue weighted by molar-refractivity contribution is 0.318. The van der Waals surface area contributed by atoms with Gasteiger partial charge in [-0.05, 0) is 31.9 Å². The van der Waals surface area contributed by atoms with E-state index in [1.165, 1.54) is 12.8 Å². The molecule has 0 saturated carbocycles. The van der Waals surface area contributed by atoms with E-state index in [1.807, 2.05) is 6.07 Å². The molecule has 98 valence electrons. The molecule has 5 heteroatoms. The minimum Gasteiger partial charge on any atom is -0.409 e. The molecule has 0 radical (unpaired) electrons. The van der Waals surface area contributed by atoms with Gasteiger partial charge in [-0.2, -0.15) is 0 Å². The molecule has 1 atom stereocenters. The molecular weight excluding hydrogens is 228 g/mol. The highest BCUT2D eigenvalue weighted by molar-refractivity contribution is 6.01. The molecule has 1 aliphatic heterocycles. The lowest BCUT2D eigenvalue weighted by Gasteiger charge is -2.29. The maximum Gasteiger partial charge on any atom is 0.173 e. The molecule has 0 amide bonds. The van der Waals surface area contributed by atoms with Gasteiger partial charge in [-0.25, -0.2) is 4.98 Å². The fourth-order valence-corrected chi connectivity index (χ4v) is 2.47. The van der Waals surface area contributed by atoms with Crippen molar-refractivity contribution in [2.45, 2.75) is 38.6 Å². The zero-order valence-corrected chi connectivity index (χ0v) is 10.7. The van der Waals surface area contributed by atoms with Crippen LogP contribution in [0.2, 0.25) is 0 Å². The summed E-state index contributed by atoms with van der Waals surface area (Å²) in [6.45, 7) is 3.18. The van der Waals surface area contributed by atoms with Crippen molar-refractivity contribution in [1.29, 1.82) is 0 Å². The monoisotopic (exact) mass is 248 g/mol. The van der Waals surface area contributed by atoms with Gasteiger partial charge >= 0.3 is 0 Å². The first-order chi connectivity index (χ1) is 8.74. The van der Waals surface area contributed by atoms with Crippen LogP contribution < -0.4 is 10.6 Å². The van der Waals surface area contributed by atoms with Crippen LogP contribution in [0.1, 0.15) is 38.2 Å². The van der Waals surface area contributed by atoms with Crippen molar-refractivity contribution in [3.8, 4) is 0 Å². The Bertz CT molecular complexity index is 433. The van der Waals surface area contributed by atoms with Crippen molar-refractivity contribution in [2.75, 3.05) is 11.4 Å². The summed E-state index contributed by atoms with van der Waals surface area (Å²) < 4.78 is 0. The van der Waals surface area contributed by atoms with E-state index in [1.54, 1.807) is 12.3 Å². The fraction of sp³-hybridized carbons (Fsp3) is 0.538. The lowest BCUT2D eigenvalue weighted by Crippen LogP contribution is -2.35. The largest absolute Gasteiger partial charge is 0.409 e. The van der Waals surface area contributed by atoms with Crippen molar-refractivity contribution in [3.63, 3.8) is 0 Å². The number of aromatic nitrogens is 1. The van der Waals surface area contributed by atoms with E-state index in [0.717, 1.165) is 25.2 Å². The van der Waals surface area contributed by atoms with Gasteiger partial charge in [0.25, 0.3) is 0 Å². The summed E-state index contributed by atoms with van der Waals surface area (Å²) in [5.41, 5.74) is 6.42. The van der Waals surface area contributed by atoms with Crippen LogP contribution in [0.5, 0.6) is 0 Å². The number of hydrogen-bond donors (Lipinski definition) is 2. The molecule has 0 aromatic carbocycles. The molecule has 0 bridgehead atoms. The summed E-state index contributed by atoms with van der Waals surface area (Å²) in [5, 5.41) is 11.9. The smallest absolute Gasteiger partial charge is 0.173 e. The standard InChI is InChI=1S/C13H20N4O/c1-10-6-3-2-4-9-17(10)13-11(12(14)16-18)7-5-8-15-13/h5,7-8,10,18H,2-4,6,9H2,1H3,(H2,14,16). The molecule has 3 N–H and O–H groups in total. The number of nitrogens with zero attached hydrogens (tertiary/aromatic N) is 3. The first-order valence-corrected chi connectivity index (χ1v) is 6.43. The number of oxime groups is 1. The molecule has 0 spiro atoms. The van der Waals surface area contributed by atoms with Crippen LogP contribution in [0.15, 0.2) is 23.5 Å². The van der Waals surface area contributed by atoms with Gasteiger partial charge in [0.15, 0.2) is 5.84 Å². The number of rotatable bonds is 2. The van der Waals surface area contributed by atoms with Crippen LogP contribution in [0.25, 0.3) is 0 Å². The Hall–Kier alpha value is -1.78. The van der Waals surface area contributed by atoms with E-state index in [0.29, 0.717) is 11.6 Å². The number of pyridine rings is 1. The molecule has 0 aliphatic carbocycles. The first kappa shape index (κ1) is 12.7. The van der Waals surface area contributed by atoms with Crippen molar-refractivity contribution in [2.24, 2.45) is 10.9 Å². The molecule has 2 rings (SSSR count). The van der Waals surface area contributed by atoms with Gasteiger partial charge in [0.05, 0.1) is 5.56 Å². The third-order valence-electron chi connectivity index (χ3n) is 3.50. The third kappa shape index (κ3) is 2.55. The van der Waals surface area contributed by atoms with E-state index in [9.17, 15) is 0 Å². The average Bonchev–Trinajstić information content (AvgIpc) is 2.62. The quantitative estimate of drug-likeness (QED) is 0.363. The van der Waals surface area contributed by atoms with Crippen LogP contribution in [0, 0.1) is 0 Å². The van der Waals surface area contributed by atoms with E-state index >= 15 is 0 Å². The van der Waals surface area contributed by atoms with E-state index in [-0.39, 0.29) is 5.84 Å². The van der Waals surface area contributed by atoms with E-state index in [4.69, 9.17) is 10.9 Å². The molecular formula is C13H20N4O. The zero-order chi connectivity index (χ0) is 13.0. The predicted octanol–water partition coefficient (Wildman–Crippen LogP) is 1.94. The van der Waals surface area contributed by atoms with Crippen LogP contribution in [-0.4, -0.2) is 28.6 Å². The predicted molar refractivity (Wildman–Crippen MR) is 72.0 cm³/mol. The van der Waals surface area contributed by atoms with Gasteiger partial charge in [-0.3, -0.25) is 0 Å². The Kier molecular flexibility index (Phi) is 4.02. The fourth-order valence-electron chi connectivity index (χ4n) is 2.47. The zero-order valence-electron chi connectivity index (χ0n) is 10.7. The minimum atomic E-state index is 0.120. The molecule has 18 heavy (non-hydrogen) atoms. The highest BCUT2D eigenvalue weighted by atomic mass is 16.4. The molecule has 1 aromatic heterocycles. The second kappa shape index (κ2) is 5.71. The molecule has 1 aromatic rings. The summed E-state index contributed by atoms with van der Waals surface area (Å²) in [5.74, 6) is 0.941. The van der Waals surface area contributed by atoms with Gasteiger partial charge in [0.1, 0.15) is 5.82 Å². The summed E-state index contributed by atoms with van der Waals surface area (Å²) in [7, 11) is 0. The van der Waals surface area contributed by atoms with Gasteiger partial charge in [-0.1, -0.05) is 18.0 Å². The third-order valence-corrected chi connectivity index (χ3v) is 3.50. The molecule has 1 fully saturated rings. The molecule has 1 aliphatic rings. The van der Waals surface area contributed by atoms with Crippen LogP contribution in [-0.2, 0) is 0 Å². The van der Waals surface area contributed by atoms with Gasteiger partial charge in [0.2, 0.25) is 0 Å². The maximum atomic E-state index is 8.85. The van der Waals surface area contributed by atoms with Crippen molar-refractivity contribution in [3.05, 3.63) is 23.9 Å². The van der Waals surface area contributed by atoms with Crippen LogP contribution in [0.3, 0.4) is 0 Å². The molecule has 2 heterocycles. The topological polar surface area (TPSA) is 74.7 Å². The normalized spacial score (nSPS) is 21.7. The Balaban J connectivity index is 2.36. The number of hydrogen-bond acceptors (Lipinski definition) is 4. The number of amidine groups is 1. The Labute approximate surface area is 107 Å². The minimum absolute atomic E-state index is 0.120. The second-order valence-electron chi connectivity index (χ2n) is 4.75. The van der Waals surface area contributed by atoms with Crippen LogP contribution >= 0.6 is 0 Å². The van der Waals surface area contributed by atoms with Crippen molar-refractivity contribution in [1.82, 2.24) is 4.98 Å². The highest BCUT2D eigenvalue weighted by Gasteiger charge is 2.21. The first-order valence-electron chi connectivity index (χ1n) is 6.43. The molecule has 1 unspecified atom stereocenters. The maximum absolute atomic E-state index is 8.85. The van der Waals surface area contributed by atoms with Gasteiger partial charge < -0.3 is 15.8 Å². The van der Waals surface area contributed by atoms with Gasteiger partial charge in [-0.15, -0.1) is 0 Å². The summed E-state index contributed by atoms with van der Waals surface area (Å²) in [6.07, 6.45) is 6.58. The Morgan fingerprint density at radius 3 is 3.11 bits per heavy atom. The highest BCUT2D eigenvalue weighted by Crippen LogP contribution is 2.25. The number of nitrogens with two attached hydrogens (primary N) is 1. The van der Waals surface area contributed by atoms with Crippen LogP contribution in [0.4, 0.5) is 5.82 Å². The molecule has 1 saturated heterocycles. The SMILES string of the molecule is CC1CCCCCN1c1ncccc1C(N)=NO. The Morgan fingerprint density at radius 1 is 1.50 bits per heavy atom. The van der Waals surface area contributed by atoms with Gasteiger partial charge in [0, 0.05) is 18.8 Å². The van der Waals surface area contributed by atoms with Crippen molar-refractivity contribution < 1.29 is 5.21 Å². The lowest BCUT2D eigenvalue weighted by atomic mass is 10.1. The summed E-state index contributed by atoms with van der Waals surface area (Å²) >= 11 is 0.